The van der Waals surface area contributed by atoms with Gasteiger partial charge in [0.1, 0.15) is 0 Å². The maximum atomic E-state index is 10.7. The smallest absolute Gasteiger partial charge is 0.328 e. The number of carbonyl (C=O) groups is 3. The number of nitrogens with one attached hydrogen (secondary N) is 2. The van der Waals surface area contributed by atoms with Crippen molar-refractivity contribution in [3.63, 3.8) is 0 Å². The van der Waals surface area contributed by atoms with E-state index >= 15 is 0 Å². The van der Waals surface area contributed by atoms with Crippen molar-refractivity contribution >= 4 is 17.9 Å². The monoisotopic (exact) mass is 186 g/mol. The van der Waals surface area contributed by atoms with Gasteiger partial charge in [-0.05, 0) is 6.92 Å². The molecule has 0 aromatic carbocycles. The fraction of sp³-hybridized carbons (Fsp3) is 0.286. The van der Waals surface area contributed by atoms with Gasteiger partial charge in [-0.15, -0.1) is 0 Å². The Balaban J connectivity index is 3.87. The summed E-state index contributed by atoms with van der Waals surface area (Å²) in [5.74, 6) is -2.01. The molecule has 0 saturated heterocycles. The van der Waals surface area contributed by atoms with Gasteiger partial charge < -0.3 is 10.4 Å². The van der Waals surface area contributed by atoms with Crippen LogP contribution < -0.4 is 10.6 Å². The summed E-state index contributed by atoms with van der Waals surface area (Å²) in [5.41, 5.74) is 0. The first-order valence-electron chi connectivity index (χ1n) is 3.56. The van der Waals surface area contributed by atoms with E-state index < -0.39 is 17.9 Å². The van der Waals surface area contributed by atoms with Crippen molar-refractivity contribution in [3.8, 4) is 0 Å². The topological polar surface area (TPSA) is 95.5 Å². The first-order chi connectivity index (χ1) is 6.06. The van der Waals surface area contributed by atoms with Gasteiger partial charge in [0.2, 0.25) is 0 Å². The molecule has 6 heteroatoms. The summed E-state index contributed by atoms with van der Waals surface area (Å²) >= 11 is 0. The van der Waals surface area contributed by atoms with Gasteiger partial charge in [0.25, 0.3) is 5.91 Å². The second kappa shape index (κ2) is 5.76. The Hall–Kier alpha value is -1.85. The number of hydrogen-bond acceptors (Lipinski definition) is 3. The van der Waals surface area contributed by atoms with E-state index in [9.17, 15) is 14.4 Å². The number of urea groups is 1. The molecule has 0 rings (SSSR count). The molecule has 0 saturated carbocycles. The average Bonchev–Trinajstić information content (AvgIpc) is 2.01. The number of imide groups is 1. The van der Waals surface area contributed by atoms with Crippen LogP contribution in [0.3, 0.4) is 0 Å². The van der Waals surface area contributed by atoms with Crippen LogP contribution in [0.15, 0.2) is 12.2 Å². The van der Waals surface area contributed by atoms with Crippen LogP contribution in [0.5, 0.6) is 0 Å². The third-order valence-corrected chi connectivity index (χ3v) is 0.951. The zero-order valence-electron chi connectivity index (χ0n) is 7.03. The Morgan fingerprint density at radius 1 is 1.31 bits per heavy atom. The first-order valence-corrected chi connectivity index (χ1v) is 3.56. The van der Waals surface area contributed by atoms with Crippen molar-refractivity contribution in [2.75, 3.05) is 6.54 Å². The molecule has 0 aliphatic rings. The number of hydrogen-bond donors (Lipinski definition) is 3. The van der Waals surface area contributed by atoms with E-state index in [-0.39, 0.29) is 0 Å². The van der Waals surface area contributed by atoms with Crippen LogP contribution in [0.1, 0.15) is 6.92 Å². The molecule has 0 bridgehead atoms. The number of aliphatic carboxylic acids is 1. The molecule has 3 N–H and O–H groups in total. The van der Waals surface area contributed by atoms with Crippen molar-refractivity contribution < 1.29 is 19.5 Å². The lowest BCUT2D eigenvalue weighted by atomic mass is 10.5. The van der Waals surface area contributed by atoms with Crippen molar-refractivity contribution in [1.82, 2.24) is 10.6 Å². The van der Waals surface area contributed by atoms with Gasteiger partial charge in [-0.1, -0.05) is 0 Å². The number of carboxylic acids is 1. The quantitative estimate of drug-likeness (QED) is 0.516. The molecule has 0 unspecified atom stereocenters. The Kier molecular flexibility index (Phi) is 4.94. The summed E-state index contributed by atoms with van der Waals surface area (Å²) in [4.78, 5) is 31.3. The number of amides is 3. The molecule has 0 spiro atoms. The summed E-state index contributed by atoms with van der Waals surface area (Å²) in [6.45, 7) is 2.08. The predicted molar refractivity (Wildman–Crippen MR) is 44.0 cm³/mol. The van der Waals surface area contributed by atoms with Crippen LogP contribution in [0, 0.1) is 0 Å². The third-order valence-electron chi connectivity index (χ3n) is 0.951. The summed E-state index contributed by atoms with van der Waals surface area (Å²) in [7, 11) is 0. The van der Waals surface area contributed by atoms with Crippen LogP contribution >= 0.6 is 0 Å². The van der Waals surface area contributed by atoms with Gasteiger partial charge in [0.15, 0.2) is 0 Å². The molecule has 0 radical (unpaired) electrons. The van der Waals surface area contributed by atoms with Gasteiger partial charge in [-0.3, -0.25) is 10.1 Å². The van der Waals surface area contributed by atoms with E-state index in [1.165, 1.54) is 0 Å². The second-order valence-corrected chi connectivity index (χ2v) is 2.02. The molecule has 0 atom stereocenters. The summed E-state index contributed by atoms with van der Waals surface area (Å²) in [6.07, 6.45) is 1.41. The maximum absolute atomic E-state index is 10.7. The Morgan fingerprint density at radius 3 is 2.38 bits per heavy atom. The van der Waals surface area contributed by atoms with E-state index in [0.29, 0.717) is 12.6 Å². The molecule has 0 aromatic heterocycles. The van der Waals surface area contributed by atoms with Crippen molar-refractivity contribution in [2.24, 2.45) is 0 Å². The van der Waals surface area contributed by atoms with E-state index in [1.54, 1.807) is 6.92 Å². The third kappa shape index (κ3) is 6.54. The van der Waals surface area contributed by atoms with Crippen LogP contribution in [-0.2, 0) is 9.59 Å². The lowest BCUT2D eigenvalue weighted by Crippen LogP contribution is -2.38. The Labute approximate surface area is 74.6 Å². The fourth-order valence-electron chi connectivity index (χ4n) is 0.505. The highest BCUT2D eigenvalue weighted by Gasteiger charge is 2.02. The minimum Gasteiger partial charge on any atom is -0.478 e. The van der Waals surface area contributed by atoms with Crippen molar-refractivity contribution in [2.45, 2.75) is 6.92 Å². The van der Waals surface area contributed by atoms with Gasteiger partial charge in [-0.2, -0.15) is 0 Å². The zero-order chi connectivity index (χ0) is 10.3. The fourth-order valence-corrected chi connectivity index (χ4v) is 0.505. The summed E-state index contributed by atoms with van der Waals surface area (Å²) in [5, 5.41) is 12.3. The molecule has 0 aliphatic heterocycles. The first kappa shape index (κ1) is 11.2. The maximum Gasteiger partial charge on any atom is 0.328 e. The van der Waals surface area contributed by atoms with Crippen LogP contribution in [0.25, 0.3) is 0 Å². The lowest BCUT2D eigenvalue weighted by Gasteiger charge is -2.00. The van der Waals surface area contributed by atoms with Gasteiger partial charge in [0, 0.05) is 18.7 Å². The highest BCUT2D eigenvalue weighted by molar-refractivity contribution is 6.02. The minimum absolute atomic E-state index is 0.391. The Bertz CT molecular complexity index is 247. The normalized spacial score (nSPS) is 9.62. The molecule has 3 amide bonds. The van der Waals surface area contributed by atoms with E-state index in [4.69, 9.17) is 5.11 Å². The standard InChI is InChI=1S/C7H10N2O4/c1-2-8-7(13)9-5(10)3-4-6(11)12/h3-4H,2H2,1H3,(H,11,12)(H2,8,9,10,13). The average molecular weight is 186 g/mol. The molecule has 0 aromatic rings. The number of carbonyl (C=O) groups excluding carboxylic acids is 2. The Morgan fingerprint density at radius 2 is 1.92 bits per heavy atom. The van der Waals surface area contributed by atoms with Gasteiger partial charge in [-0.25, -0.2) is 9.59 Å². The van der Waals surface area contributed by atoms with E-state index in [0.717, 1.165) is 6.08 Å². The largest absolute Gasteiger partial charge is 0.478 e. The van der Waals surface area contributed by atoms with Crippen LogP contribution in [-0.4, -0.2) is 29.6 Å². The summed E-state index contributed by atoms with van der Waals surface area (Å²) < 4.78 is 0. The van der Waals surface area contributed by atoms with Gasteiger partial charge in [0.05, 0.1) is 0 Å². The van der Waals surface area contributed by atoms with Crippen molar-refractivity contribution in [3.05, 3.63) is 12.2 Å². The van der Waals surface area contributed by atoms with Crippen LogP contribution in [0.4, 0.5) is 4.79 Å². The molecule has 0 fully saturated rings. The minimum atomic E-state index is -1.24. The molecular weight excluding hydrogens is 176 g/mol. The predicted octanol–water partition coefficient (Wildman–Crippen LogP) is -0.527. The van der Waals surface area contributed by atoms with Crippen molar-refractivity contribution in [1.29, 1.82) is 0 Å². The molecule has 0 heterocycles. The molecular formula is C7H10N2O4. The highest BCUT2D eigenvalue weighted by Crippen LogP contribution is 1.74. The SMILES string of the molecule is CCNC(=O)NC(=O)C=CC(=O)O. The molecule has 72 valence electrons. The zero-order valence-corrected chi connectivity index (χ0v) is 7.03. The second-order valence-electron chi connectivity index (χ2n) is 2.02. The molecule has 13 heavy (non-hydrogen) atoms. The molecule has 0 aliphatic carbocycles. The van der Waals surface area contributed by atoms with E-state index in [2.05, 4.69) is 5.32 Å². The number of rotatable bonds is 3. The summed E-state index contributed by atoms with van der Waals surface area (Å²) in [6, 6.07) is -0.650. The van der Waals surface area contributed by atoms with E-state index in [1.807, 2.05) is 5.32 Å². The van der Waals surface area contributed by atoms with Crippen LogP contribution in [0.2, 0.25) is 0 Å². The highest BCUT2D eigenvalue weighted by atomic mass is 16.4. The lowest BCUT2D eigenvalue weighted by molar-refractivity contribution is -0.131. The number of carboxylic acid groups (broad SMARTS) is 1. The van der Waals surface area contributed by atoms with Gasteiger partial charge >= 0.3 is 12.0 Å². The molecule has 6 nitrogen and oxygen atoms in total.